The third kappa shape index (κ3) is 4.30. The number of thiocarbonyl (C=S) groups is 1. The molecule has 21 heavy (non-hydrogen) atoms. The van der Waals surface area contributed by atoms with Crippen LogP contribution in [0.3, 0.4) is 0 Å². The van der Waals surface area contributed by atoms with Crippen LogP contribution in [0, 0.1) is 20.8 Å². The summed E-state index contributed by atoms with van der Waals surface area (Å²) in [5.41, 5.74) is 6.10. The highest BCUT2D eigenvalue weighted by molar-refractivity contribution is 7.80. The molecule has 1 atom stereocenters. The molecule has 0 bridgehead atoms. The van der Waals surface area contributed by atoms with Gasteiger partial charge in [-0.05, 0) is 68.7 Å². The van der Waals surface area contributed by atoms with Gasteiger partial charge in [0.2, 0.25) is 0 Å². The molecule has 0 saturated carbocycles. The predicted octanol–water partition coefficient (Wildman–Crippen LogP) is 4.66. The van der Waals surface area contributed by atoms with Crippen molar-refractivity contribution in [2.24, 2.45) is 0 Å². The van der Waals surface area contributed by atoms with Crippen molar-refractivity contribution in [1.29, 1.82) is 0 Å². The molecule has 0 saturated heterocycles. The number of benzene rings is 2. The molecule has 2 rings (SSSR count). The van der Waals surface area contributed by atoms with Crippen LogP contribution < -0.4 is 10.6 Å². The summed E-state index contributed by atoms with van der Waals surface area (Å²) in [4.78, 5) is 0. The first-order chi connectivity index (χ1) is 9.95. The Kier molecular flexibility index (Phi) is 4.97. The fraction of sp³-hybridized carbons (Fsp3) is 0.278. The molecule has 0 radical (unpaired) electrons. The van der Waals surface area contributed by atoms with E-state index in [9.17, 15) is 0 Å². The maximum atomic E-state index is 5.38. The van der Waals surface area contributed by atoms with Crippen LogP contribution in [0.1, 0.15) is 35.2 Å². The topological polar surface area (TPSA) is 24.1 Å². The molecule has 3 heteroatoms. The van der Waals surface area contributed by atoms with Gasteiger partial charge in [-0.1, -0.05) is 35.9 Å². The lowest BCUT2D eigenvalue weighted by Crippen LogP contribution is -2.30. The smallest absolute Gasteiger partial charge is 0.171 e. The van der Waals surface area contributed by atoms with Crippen LogP contribution in [0.4, 0.5) is 5.69 Å². The van der Waals surface area contributed by atoms with Crippen molar-refractivity contribution >= 4 is 23.0 Å². The van der Waals surface area contributed by atoms with Crippen LogP contribution >= 0.6 is 12.2 Å². The normalized spacial score (nSPS) is 11.8. The van der Waals surface area contributed by atoms with Gasteiger partial charge in [-0.15, -0.1) is 0 Å². The van der Waals surface area contributed by atoms with Gasteiger partial charge in [0.25, 0.3) is 0 Å². The summed E-state index contributed by atoms with van der Waals surface area (Å²) in [5.74, 6) is 0. The van der Waals surface area contributed by atoms with Gasteiger partial charge in [0, 0.05) is 5.69 Å². The van der Waals surface area contributed by atoms with Crippen molar-refractivity contribution in [3.05, 3.63) is 64.7 Å². The summed E-state index contributed by atoms with van der Waals surface area (Å²) < 4.78 is 0. The molecule has 0 aliphatic carbocycles. The van der Waals surface area contributed by atoms with Gasteiger partial charge in [-0.3, -0.25) is 0 Å². The van der Waals surface area contributed by atoms with E-state index in [-0.39, 0.29) is 6.04 Å². The number of anilines is 1. The summed E-state index contributed by atoms with van der Waals surface area (Å²) in [6, 6.07) is 14.9. The van der Waals surface area contributed by atoms with E-state index in [1.807, 2.05) is 12.1 Å². The van der Waals surface area contributed by atoms with Crippen LogP contribution in [-0.4, -0.2) is 5.11 Å². The Morgan fingerprint density at radius 1 is 0.952 bits per heavy atom. The first kappa shape index (κ1) is 15.5. The van der Waals surface area contributed by atoms with Gasteiger partial charge >= 0.3 is 0 Å². The van der Waals surface area contributed by atoms with E-state index >= 15 is 0 Å². The minimum atomic E-state index is 0.176. The number of hydrogen-bond acceptors (Lipinski definition) is 1. The predicted molar refractivity (Wildman–Crippen MR) is 94.9 cm³/mol. The van der Waals surface area contributed by atoms with E-state index in [2.05, 4.69) is 68.7 Å². The zero-order valence-electron chi connectivity index (χ0n) is 13.0. The molecule has 2 nitrogen and oxygen atoms in total. The molecule has 0 aliphatic heterocycles. The molecule has 2 aromatic rings. The van der Waals surface area contributed by atoms with Crippen LogP contribution in [0.25, 0.3) is 0 Å². The van der Waals surface area contributed by atoms with E-state index in [4.69, 9.17) is 12.2 Å². The number of nitrogens with one attached hydrogen (secondary N) is 2. The van der Waals surface area contributed by atoms with Gasteiger partial charge in [0.1, 0.15) is 0 Å². The summed E-state index contributed by atoms with van der Waals surface area (Å²) in [6.45, 7) is 8.45. The summed E-state index contributed by atoms with van der Waals surface area (Å²) in [6.07, 6.45) is 0. The molecular weight excluding hydrogens is 276 g/mol. The number of rotatable bonds is 3. The van der Waals surface area contributed by atoms with Gasteiger partial charge in [-0.25, -0.2) is 0 Å². The molecule has 2 aromatic carbocycles. The lowest BCUT2D eigenvalue weighted by Gasteiger charge is -2.18. The molecule has 1 unspecified atom stereocenters. The maximum Gasteiger partial charge on any atom is 0.171 e. The third-order valence-corrected chi connectivity index (χ3v) is 3.91. The van der Waals surface area contributed by atoms with Crippen molar-refractivity contribution in [2.45, 2.75) is 33.7 Å². The highest BCUT2D eigenvalue weighted by atomic mass is 32.1. The van der Waals surface area contributed by atoms with E-state index in [0.717, 1.165) is 5.69 Å². The Hall–Kier alpha value is -1.87. The Bertz CT molecular complexity index is 632. The molecule has 0 spiro atoms. The van der Waals surface area contributed by atoms with E-state index in [1.165, 1.54) is 22.3 Å². The Balaban J connectivity index is 1.98. The van der Waals surface area contributed by atoms with Crippen LogP contribution in [0.2, 0.25) is 0 Å². The molecule has 0 aromatic heterocycles. The summed E-state index contributed by atoms with van der Waals surface area (Å²) in [5, 5.41) is 7.19. The van der Waals surface area contributed by atoms with Crippen molar-refractivity contribution in [2.75, 3.05) is 5.32 Å². The van der Waals surface area contributed by atoms with Crippen molar-refractivity contribution in [3.8, 4) is 0 Å². The van der Waals surface area contributed by atoms with Gasteiger partial charge in [0.05, 0.1) is 6.04 Å². The Labute approximate surface area is 132 Å². The van der Waals surface area contributed by atoms with Gasteiger partial charge < -0.3 is 10.6 Å². The zero-order valence-corrected chi connectivity index (χ0v) is 13.8. The molecule has 2 N–H and O–H groups in total. The van der Waals surface area contributed by atoms with Gasteiger partial charge in [0.15, 0.2) is 5.11 Å². The first-order valence-corrected chi connectivity index (χ1v) is 7.58. The molecule has 0 heterocycles. The fourth-order valence-corrected chi connectivity index (χ4v) is 2.41. The molecular formula is C18H22N2S. The lowest BCUT2D eigenvalue weighted by molar-refractivity contribution is 0.721. The molecule has 0 amide bonds. The number of aryl methyl sites for hydroxylation is 3. The first-order valence-electron chi connectivity index (χ1n) is 7.17. The molecule has 0 fully saturated rings. The number of hydrogen-bond donors (Lipinski definition) is 2. The van der Waals surface area contributed by atoms with E-state index in [1.54, 1.807) is 0 Å². The largest absolute Gasteiger partial charge is 0.356 e. The SMILES string of the molecule is Cc1ccc(NC(=S)NC(C)c2ccc(C)c(C)c2)cc1. The van der Waals surface area contributed by atoms with E-state index in [0.29, 0.717) is 5.11 Å². The molecule has 0 aliphatic rings. The summed E-state index contributed by atoms with van der Waals surface area (Å²) >= 11 is 5.38. The minimum Gasteiger partial charge on any atom is -0.356 e. The fourth-order valence-electron chi connectivity index (χ4n) is 2.12. The van der Waals surface area contributed by atoms with Crippen LogP contribution in [0.15, 0.2) is 42.5 Å². The standard InChI is InChI=1S/C18H22N2S/c1-12-5-9-17(10-6-12)20-18(21)19-15(4)16-8-7-13(2)14(3)11-16/h5-11,15H,1-4H3,(H2,19,20,21). The highest BCUT2D eigenvalue weighted by Crippen LogP contribution is 2.17. The zero-order chi connectivity index (χ0) is 15.4. The van der Waals surface area contributed by atoms with Crippen molar-refractivity contribution in [3.63, 3.8) is 0 Å². The molecule has 110 valence electrons. The second-order valence-electron chi connectivity index (χ2n) is 5.53. The third-order valence-electron chi connectivity index (χ3n) is 3.69. The Morgan fingerprint density at radius 3 is 2.24 bits per heavy atom. The second-order valence-corrected chi connectivity index (χ2v) is 5.94. The quantitative estimate of drug-likeness (QED) is 0.806. The monoisotopic (exact) mass is 298 g/mol. The van der Waals surface area contributed by atoms with Crippen molar-refractivity contribution in [1.82, 2.24) is 5.32 Å². The van der Waals surface area contributed by atoms with Crippen molar-refractivity contribution < 1.29 is 0 Å². The van der Waals surface area contributed by atoms with Crippen LogP contribution in [0.5, 0.6) is 0 Å². The average Bonchev–Trinajstić information content (AvgIpc) is 2.44. The maximum absolute atomic E-state index is 5.38. The van der Waals surface area contributed by atoms with Crippen LogP contribution in [-0.2, 0) is 0 Å². The highest BCUT2D eigenvalue weighted by Gasteiger charge is 2.08. The average molecular weight is 298 g/mol. The minimum absolute atomic E-state index is 0.176. The second kappa shape index (κ2) is 6.72. The van der Waals surface area contributed by atoms with E-state index < -0.39 is 0 Å². The Morgan fingerprint density at radius 2 is 1.62 bits per heavy atom. The summed E-state index contributed by atoms with van der Waals surface area (Å²) in [7, 11) is 0. The lowest BCUT2D eigenvalue weighted by atomic mass is 10.0. The van der Waals surface area contributed by atoms with Gasteiger partial charge in [-0.2, -0.15) is 0 Å².